The van der Waals surface area contributed by atoms with Crippen LogP contribution >= 0.6 is 11.6 Å². The highest BCUT2D eigenvalue weighted by molar-refractivity contribution is 6.31. The Hall–Kier alpha value is -1.10. The first-order valence-corrected chi connectivity index (χ1v) is 6.36. The third-order valence-corrected chi connectivity index (χ3v) is 3.22. The van der Waals surface area contributed by atoms with Crippen LogP contribution in [-0.4, -0.2) is 23.2 Å². The summed E-state index contributed by atoms with van der Waals surface area (Å²) in [5, 5.41) is 0.706. The fraction of sp³-hybridized carbons (Fsp3) is 0.462. The lowest BCUT2D eigenvalue weighted by atomic mass is 10.2. The molecule has 98 valence electrons. The molecule has 1 unspecified atom stereocenters. The van der Waals surface area contributed by atoms with Gasteiger partial charge in [-0.1, -0.05) is 11.6 Å². The van der Waals surface area contributed by atoms with Crippen molar-refractivity contribution in [3.05, 3.63) is 29.0 Å². The van der Waals surface area contributed by atoms with E-state index in [2.05, 4.69) is 23.4 Å². The number of hydrogen-bond donors (Lipinski definition) is 1. The van der Waals surface area contributed by atoms with E-state index in [1.54, 1.807) is 7.11 Å². The Balaban J connectivity index is 2.69. The van der Waals surface area contributed by atoms with Crippen molar-refractivity contribution in [2.75, 3.05) is 13.7 Å². The van der Waals surface area contributed by atoms with Gasteiger partial charge in [-0.3, -0.25) is 0 Å². The lowest BCUT2D eigenvalue weighted by molar-refractivity contribution is 0.0992. The van der Waals surface area contributed by atoms with Crippen LogP contribution in [0.15, 0.2) is 18.2 Å². The summed E-state index contributed by atoms with van der Waals surface area (Å²) in [6.07, 6.45) is -0.196. The van der Waals surface area contributed by atoms with E-state index in [-0.39, 0.29) is 12.1 Å². The normalized spacial score (nSPS) is 13.4. The van der Waals surface area contributed by atoms with Crippen molar-refractivity contribution in [3.8, 4) is 0 Å². The van der Waals surface area contributed by atoms with Gasteiger partial charge in [0.05, 0.1) is 11.0 Å². The molecule has 0 bridgehead atoms. The van der Waals surface area contributed by atoms with Crippen LogP contribution in [0.1, 0.15) is 31.8 Å². The number of fused-ring (bicyclic) bond motifs is 1. The first kappa shape index (κ1) is 13.3. The van der Waals surface area contributed by atoms with E-state index in [1.807, 2.05) is 18.2 Å². The molecule has 0 saturated heterocycles. The molecule has 0 saturated carbocycles. The van der Waals surface area contributed by atoms with Crippen molar-refractivity contribution < 1.29 is 4.74 Å². The van der Waals surface area contributed by atoms with Crippen LogP contribution in [0.2, 0.25) is 5.02 Å². The Morgan fingerprint density at radius 1 is 1.44 bits per heavy atom. The molecule has 1 aromatic carbocycles. The van der Waals surface area contributed by atoms with Crippen LogP contribution in [-0.2, 0) is 4.74 Å². The molecule has 1 atom stereocenters. The number of methoxy groups -OCH3 is 1. The second-order valence-electron chi connectivity index (χ2n) is 4.53. The number of halogens is 1. The Labute approximate surface area is 112 Å². The maximum Gasteiger partial charge on any atom is 0.140 e. The van der Waals surface area contributed by atoms with Crippen molar-refractivity contribution in [1.29, 1.82) is 0 Å². The monoisotopic (exact) mass is 267 g/mol. The zero-order valence-electron chi connectivity index (χ0n) is 10.9. The molecule has 0 amide bonds. The molecule has 1 heterocycles. The molecular formula is C13H18ClN3O. The Kier molecular flexibility index (Phi) is 3.90. The van der Waals surface area contributed by atoms with Crippen LogP contribution in [0, 0.1) is 0 Å². The van der Waals surface area contributed by atoms with Crippen molar-refractivity contribution in [1.82, 2.24) is 9.55 Å². The highest BCUT2D eigenvalue weighted by atomic mass is 35.5. The van der Waals surface area contributed by atoms with Crippen LogP contribution in [0.25, 0.3) is 11.0 Å². The van der Waals surface area contributed by atoms with Gasteiger partial charge in [-0.2, -0.15) is 0 Å². The number of aromatic nitrogens is 2. The summed E-state index contributed by atoms with van der Waals surface area (Å²) in [6.45, 7) is 4.61. The summed E-state index contributed by atoms with van der Waals surface area (Å²) < 4.78 is 7.52. The Morgan fingerprint density at radius 2 is 2.17 bits per heavy atom. The van der Waals surface area contributed by atoms with E-state index < -0.39 is 0 Å². The lowest BCUT2D eigenvalue weighted by Crippen LogP contribution is -2.19. The standard InChI is InChI=1S/C13H18ClN3O/c1-8(2)17-11-6-9(14)4-5-10(11)16-13(17)12(7-15)18-3/h4-6,8,12H,7,15H2,1-3H3. The summed E-state index contributed by atoms with van der Waals surface area (Å²) >= 11 is 6.05. The molecule has 2 rings (SSSR count). The number of ether oxygens (including phenoxy) is 1. The van der Waals surface area contributed by atoms with Gasteiger partial charge >= 0.3 is 0 Å². The maximum absolute atomic E-state index is 6.05. The number of nitrogens with two attached hydrogens (primary N) is 1. The second-order valence-corrected chi connectivity index (χ2v) is 4.96. The van der Waals surface area contributed by atoms with Gasteiger partial charge < -0.3 is 15.0 Å². The number of nitrogens with zero attached hydrogens (tertiary/aromatic N) is 2. The quantitative estimate of drug-likeness (QED) is 0.927. The van der Waals surface area contributed by atoms with Crippen LogP contribution in [0.3, 0.4) is 0 Å². The molecule has 4 nitrogen and oxygen atoms in total. The van der Waals surface area contributed by atoms with Crippen LogP contribution in [0.5, 0.6) is 0 Å². The van der Waals surface area contributed by atoms with E-state index in [0.29, 0.717) is 11.6 Å². The molecule has 0 aliphatic carbocycles. The number of imidazole rings is 1. The van der Waals surface area contributed by atoms with E-state index >= 15 is 0 Å². The Bertz CT molecular complexity index is 546. The van der Waals surface area contributed by atoms with Gasteiger partial charge in [-0.25, -0.2) is 4.98 Å². The van der Waals surface area contributed by atoms with E-state index in [4.69, 9.17) is 22.1 Å². The molecule has 18 heavy (non-hydrogen) atoms. The molecule has 2 aromatic rings. The third kappa shape index (κ3) is 2.23. The minimum atomic E-state index is -0.196. The molecule has 1 aromatic heterocycles. The van der Waals surface area contributed by atoms with Crippen molar-refractivity contribution in [2.45, 2.75) is 26.0 Å². The lowest BCUT2D eigenvalue weighted by Gasteiger charge is -2.18. The third-order valence-electron chi connectivity index (χ3n) is 2.98. The van der Waals surface area contributed by atoms with E-state index in [1.165, 1.54) is 0 Å². The van der Waals surface area contributed by atoms with Gasteiger partial charge in [-0.05, 0) is 32.0 Å². The molecule has 0 radical (unpaired) electrons. The molecule has 0 fully saturated rings. The topological polar surface area (TPSA) is 53.1 Å². The highest BCUT2D eigenvalue weighted by Gasteiger charge is 2.20. The summed E-state index contributed by atoms with van der Waals surface area (Å²) in [5.74, 6) is 0.854. The second kappa shape index (κ2) is 5.26. The highest BCUT2D eigenvalue weighted by Crippen LogP contribution is 2.27. The number of hydrogen-bond acceptors (Lipinski definition) is 3. The summed E-state index contributed by atoms with van der Waals surface area (Å²) in [6, 6.07) is 5.96. The van der Waals surface area contributed by atoms with Gasteiger partial charge in [0.1, 0.15) is 11.9 Å². The molecule has 0 aliphatic rings. The summed E-state index contributed by atoms with van der Waals surface area (Å²) in [5.41, 5.74) is 7.66. The summed E-state index contributed by atoms with van der Waals surface area (Å²) in [4.78, 5) is 4.62. The Morgan fingerprint density at radius 3 is 2.72 bits per heavy atom. The van der Waals surface area contributed by atoms with Crippen molar-refractivity contribution >= 4 is 22.6 Å². The number of rotatable bonds is 4. The predicted molar refractivity (Wildman–Crippen MR) is 73.9 cm³/mol. The molecule has 5 heteroatoms. The number of benzene rings is 1. The average molecular weight is 268 g/mol. The zero-order valence-corrected chi connectivity index (χ0v) is 11.6. The van der Waals surface area contributed by atoms with Crippen LogP contribution < -0.4 is 5.73 Å². The predicted octanol–water partition coefficient (Wildman–Crippen LogP) is 2.92. The van der Waals surface area contributed by atoms with Gasteiger partial charge in [0.2, 0.25) is 0 Å². The zero-order chi connectivity index (χ0) is 13.3. The van der Waals surface area contributed by atoms with Crippen molar-refractivity contribution in [2.24, 2.45) is 5.73 Å². The SMILES string of the molecule is COC(CN)c1nc2ccc(Cl)cc2n1C(C)C. The minimum absolute atomic E-state index is 0.196. The van der Waals surface area contributed by atoms with Gasteiger partial charge in [0.15, 0.2) is 0 Å². The smallest absolute Gasteiger partial charge is 0.140 e. The first-order valence-electron chi connectivity index (χ1n) is 5.98. The fourth-order valence-corrected chi connectivity index (χ4v) is 2.33. The molecule has 0 aliphatic heterocycles. The first-order chi connectivity index (χ1) is 8.58. The van der Waals surface area contributed by atoms with E-state index in [0.717, 1.165) is 16.9 Å². The molecule has 0 spiro atoms. The molecular weight excluding hydrogens is 250 g/mol. The van der Waals surface area contributed by atoms with Crippen LogP contribution in [0.4, 0.5) is 0 Å². The van der Waals surface area contributed by atoms with Gasteiger partial charge in [0, 0.05) is 24.7 Å². The average Bonchev–Trinajstić information content (AvgIpc) is 2.69. The van der Waals surface area contributed by atoms with E-state index in [9.17, 15) is 0 Å². The van der Waals surface area contributed by atoms with Gasteiger partial charge in [0.25, 0.3) is 0 Å². The maximum atomic E-state index is 6.05. The minimum Gasteiger partial charge on any atom is -0.372 e. The fourth-order valence-electron chi connectivity index (χ4n) is 2.16. The summed E-state index contributed by atoms with van der Waals surface area (Å²) in [7, 11) is 1.65. The van der Waals surface area contributed by atoms with Gasteiger partial charge in [-0.15, -0.1) is 0 Å². The largest absolute Gasteiger partial charge is 0.372 e. The van der Waals surface area contributed by atoms with Crippen molar-refractivity contribution in [3.63, 3.8) is 0 Å². The molecule has 2 N–H and O–H groups in total.